The van der Waals surface area contributed by atoms with E-state index >= 15 is 0 Å². The first-order chi connectivity index (χ1) is 11.0. The molecule has 3 rings (SSSR count). The van der Waals surface area contributed by atoms with Crippen LogP contribution in [0.4, 0.5) is 17.2 Å². The molecule has 0 aliphatic heterocycles. The fraction of sp³-hybridized carbons (Fsp3) is 0.312. The third-order valence-corrected chi connectivity index (χ3v) is 4.12. The molecule has 1 saturated carbocycles. The second-order valence-corrected chi connectivity index (χ2v) is 5.86. The van der Waals surface area contributed by atoms with Crippen molar-refractivity contribution in [3.8, 4) is 0 Å². The Morgan fingerprint density at radius 1 is 1.30 bits per heavy atom. The van der Waals surface area contributed by atoms with Gasteiger partial charge in [0.25, 0.3) is 0 Å². The van der Waals surface area contributed by atoms with Gasteiger partial charge in [0.05, 0.1) is 7.11 Å². The van der Waals surface area contributed by atoms with Gasteiger partial charge in [-0.3, -0.25) is 0 Å². The Kier molecular flexibility index (Phi) is 4.09. The van der Waals surface area contributed by atoms with Crippen molar-refractivity contribution in [3.63, 3.8) is 0 Å². The Hall–Kier alpha value is -2.34. The monoisotopic (exact) mass is 332 g/mol. The number of benzene rings is 1. The average molecular weight is 333 g/mol. The Morgan fingerprint density at radius 2 is 1.96 bits per heavy atom. The van der Waals surface area contributed by atoms with E-state index in [9.17, 15) is 4.79 Å². The highest BCUT2D eigenvalue weighted by atomic mass is 35.5. The summed E-state index contributed by atoms with van der Waals surface area (Å²) in [4.78, 5) is 22.6. The van der Waals surface area contributed by atoms with E-state index in [0.717, 1.165) is 18.5 Å². The van der Waals surface area contributed by atoms with E-state index in [1.165, 1.54) is 7.11 Å². The topological polar surface area (TPSA) is 81.3 Å². The van der Waals surface area contributed by atoms with Gasteiger partial charge in [-0.25, -0.2) is 14.8 Å². The molecule has 1 aromatic heterocycles. The number of esters is 1. The van der Waals surface area contributed by atoms with Crippen molar-refractivity contribution >= 4 is 34.8 Å². The summed E-state index contributed by atoms with van der Waals surface area (Å²) in [6.45, 7) is 0. The van der Waals surface area contributed by atoms with Crippen LogP contribution in [0.15, 0.2) is 24.3 Å². The standard InChI is InChI=1S/C16H17ClN4O2/c1-21(11-7-5-10(18)6-8-11)15-12(17)13(16(22)23-2)19-14(20-15)9-3-4-9/h5-9H,3-4,18H2,1-2H3. The number of hydrogen-bond donors (Lipinski definition) is 1. The molecule has 120 valence electrons. The number of ether oxygens (including phenoxy) is 1. The van der Waals surface area contributed by atoms with Gasteiger partial charge in [-0.05, 0) is 37.1 Å². The largest absolute Gasteiger partial charge is 0.464 e. The summed E-state index contributed by atoms with van der Waals surface area (Å²) in [7, 11) is 3.14. The van der Waals surface area contributed by atoms with E-state index in [-0.39, 0.29) is 16.6 Å². The van der Waals surface area contributed by atoms with E-state index in [2.05, 4.69) is 9.97 Å². The molecule has 0 unspecified atom stereocenters. The van der Waals surface area contributed by atoms with Gasteiger partial charge < -0.3 is 15.4 Å². The van der Waals surface area contributed by atoms with Crippen LogP contribution in [-0.2, 0) is 4.74 Å². The molecule has 23 heavy (non-hydrogen) atoms. The number of anilines is 3. The second-order valence-electron chi connectivity index (χ2n) is 5.48. The number of nitrogen functional groups attached to an aromatic ring is 1. The van der Waals surface area contributed by atoms with Crippen LogP contribution < -0.4 is 10.6 Å². The predicted octanol–water partition coefficient (Wildman–Crippen LogP) is 3.14. The molecule has 1 aliphatic carbocycles. The SMILES string of the molecule is COC(=O)c1nc(C2CC2)nc(N(C)c2ccc(N)cc2)c1Cl. The number of nitrogens with zero attached hydrogens (tertiary/aromatic N) is 3. The van der Waals surface area contributed by atoms with Gasteiger partial charge in [-0.15, -0.1) is 0 Å². The number of nitrogens with two attached hydrogens (primary N) is 1. The fourth-order valence-corrected chi connectivity index (χ4v) is 2.54. The van der Waals surface area contributed by atoms with Gasteiger partial charge in [0.15, 0.2) is 11.5 Å². The maximum atomic E-state index is 12.0. The Balaban J connectivity index is 2.07. The quantitative estimate of drug-likeness (QED) is 0.684. The van der Waals surface area contributed by atoms with Gasteiger partial charge in [-0.2, -0.15) is 0 Å². The summed E-state index contributed by atoms with van der Waals surface area (Å²) in [6.07, 6.45) is 2.04. The number of rotatable bonds is 4. The van der Waals surface area contributed by atoms with Crippen molar-refractivity contribution in [2.75, 3.05) is 24.8 Å². The van der Waals surface area contributed by atoms with Gasteiger partial charge in [0.1, 0.15) is 10.8 Å². The molecule has 7 heteroatoms. The predicted molar refractivity (Wildman–Crippen MR) is 89.3 cm³/mol. The zero-order chi connectivity index (χ0) is 16.6. The normalized spacial score (nSPS) is 13.7. The summed E-state index contributed by atoms with van der Waals surface area (Å²) < 4.78 is 4.78. The summed E-state index contributed by atoms with van der Waals surface area (Å²) in [5, 5.41) is 0.181. The Labute approximate surface area is 139 Å². The molecule has 0 spiro atoms. The first kappa shape index (κ1) is 15.6. The molecular formula is C16H17ClN4O2. The maximum Gasteiger partial charge on any atom is 0.358 e. The zero-order valence-corrected chi connectivity index (χ0v) is 13.7. The van der Waals surface area contributed by atoms with E-state index in [1.54, 1.807) is 12.1 Å². The highest BCUT2D eigenvalue weighted by Gasteiger charge is 2.31. The van der Waals surface area contributed by atoms with Crippen LogP contribution in [0.2, 0.25) is 5.02 Å². The highest BCUT2D eigenvalue weighted by molar-refractivity contribution is 6.35. The minimum Gasteiger partial charge on any atom is -0.464 e. The third-order valence-electron chi connectivity index (χ3n) is 3.77. The molecule has 1 heterocycles. The van der Waals surface area contributed by atoms with Gasteiger partial charge in [0, 0.05) is 24.3 Å². The molecule has 2 N–H and O–H groups in total. The molecule has 0 amide bonds. The number of methoxy groups -OCH3 is 1. The van der Waals surface area contributed by atoms with Crippen LogP contribution in [0.3, 0.4) is 0 Å². The molecular weight excluding hydrogens is 316 g/mol. The van der Waals surface area contributed by atoms with Crippen molar-refractivity contribution in [3.05, 3.63) is 40.8 Å². The maximum absolute atomic E-state index is 12.0. The molecule has 0 radical (unpaired) electrons. The highest BCUT2D eigenvalue weighted by Crippen LogP contribution is 2.41. The molecule has 0 bridgehead atoms. The van der Waals surface area contributed by atoms with E-state index in [0.29, 0.717) is 17.3 Å². The van der Waals surface area contributed by atoms with Crippen molar-refractivity contribution in [1.29, 1.82) is 0 Å². The summed E-state index contributed by atoms with van der Waals surface area (Å²) in [6, 6.07) is 7.32. The van der Waals surface area contributed by atoms with Crippen molar-refractivity contribution in [2.24, 2.45) is 0 Å². The average Bonchev–Trinajstić information content (AvgIpc) is 3.39. The summed E-state index contributed by atoms with van der Waals surface area (Å²) in [5.41, 5.74) is 7.35. The first-order valence-corrected chi connectivity index (χ1v) is 7.64. The molecule has 1 fully saturated rings. The van der Waals surface area contributed by atoms with Gasteiger partial charge in [0.2, 0.25) is 0 Å². The second kappa shape index (κ2) is 6.04. The Morgan fingerprint density at radius 3 is 2.52 bits per heavy atom. The lowest BCUT2D eigenvalue weighted by Gasteiger charge is -2.21. The minimum atomic E-state index is -0.564. The minimum absolute atomic E-state index is 0.100. The lowest BCUT2D eigenvalue weighted by atomic mass is 10.2. The van der Waals surface area contributed by atoms with Crippen LogP contribution in [0.25, 0.3) is 0 Å². The number of halogens is 1. The summed E-state index contributed by atoms with van der Waals surface area (Å²) in [5.74, 6) is 0.835. The lowest BCUT2D eigenvalue weighted by Crippen LogP contribution is -2.17. The van der Waals surface area contributed by atoms with E-state index < -0.39 is 5.97 Å². The van der Waals surface area contributed by atoms with E-state index in [4.69, 9.17) is 22.1 Å². The lowest BCUT2D eigenvalue weighted by molar-refractivity contribution is 0.0593. The summed E-state index contributed by atoms with van der Waals surface area (Å²) >= 11 is 6.36. The zero-order valence-electron chi connectivity index (χ0n) is 12.9. The van der Waals surface area contributed by atoms with Crippen molar-refractivity contribution in [2.45, 2.75) is 18.8 Å². The number of carbonyl (C=O) groups is 1. The molecule has 1 aromatic carbocycles. The van der Waals surface area contributed by atoms with Crippen molar-refractivity contribution < 1.29 is 9.53 Å². The molecule has 6 nitrogen and oxygen atoms in total. The van der Waals surface area contributed by atoms with Crippen LogP contribution in [0, 0.1) is 0 Å². The van der Waals surface area contributed by atoms with Crippen LogP contribution >= 0.6 is 11.6 Å². The smallest absolute Gasteiger partial charge is 0.358 e. The van der Waals surface area contributed by atoms with Gasteiger partial charge >= 0.3 is 5.97 Å². The van der Waals surface area contributed by atoms with E-state index in [1.807, 2.05) is 24.1 Å². The van der Waals surface area contributed by atoms with Crippen LogP contribution in [-0.4, -0.2) is 30.1 Å². The van der Waals surface area contributed by atoms with Crippen molar-refractivity contribution in [1.82, 2.24) is 9.97 Å². The van der Waals surface area contributed by atoms with Gasteiger partial charge in [-0.1, -0.05) is 11.6 Å². The van der Waals surface area contributed by atoms with Crippen LogP contribution in [0.1, 0.15) is 35.1 Å². The Bertz CT molecular complexity index is 744. The molecule has 0 saturated heterocycles. The third kappa shape index (κ3) is 3.07. The number of carbonyl (C=O) groups excluding carboxylic acids is 1. The number of hydrogen-bond acceptors (Lipinski definition) is 6. The molecule has 2 aromatic rings. The first-order valence-electron chi connectivity index (χ1n) is 7.26. The van der Waals surface area contributed by atoms with Crippen LogP contribution in [0.5, 0.6) is 0 Å². The molecule has 1 aliphatic rings. The fourth-order valence-electron chi connectivity index (χ4n) is 2.25. The number of aromatic nitrogens is 2. The molecule has 0 atom stereocenters.